The molecule has 1 aliphatic rings. The monoisotopic (exact) mass is 236 g/mol. The lowest BCUT2D eigenvalue weighted by Gasteiger charge is -2.20. The van der Waals surface area contributed by atoms with Gasteiger partial charge in [-0.25, -0.2) is 8.42 Å². The van der Waals surface area contributed by atoms with Crippen LogP contribution in [0, 0.1) is 5.92 Å². The van der Waals surface area contributed by atoms with Gasteiger partial charge in [-0.2, -0.15) is 0 Å². The summed E-state index contributed by atoms with van der Waals surface area (Å²) in [4.78, 5) is 0. The molecule has 0 aromatic rings. The molecule has 0 saturated carbocycles. The van der Waals surface area contributed by atoms with E-state index in [2.05, 4.69) is 5.43 Å². The Labute approximate surface area is 91.3 Å². The van der Waals surface area contributed by atoms with E-state index in [4.69, 9.17) is 10.6 Å². The number of rotatable bonds is 5. The zero-order chi connectivity index (χ0) is 11.5. The van der Waals surface area contributed by atoms with Crippen molar-refractivity contribution >= 4 is 9.84 Å². The highest BCUT2D eigenvalue weighted by molar-refractivity contribution is 7.90. The number of hydrogen-bond acceptors (Lipinski definition) is 5. The summed E-state index contributed by atoms with van der Waals surface area (Å²) < 4.78 is 27.5. The highest BCUT2D eigenvalue weighted by Crippen LogP contribution is 2.23. The quantitative estimate of drug-likeness (QED) is 0.505. The minimum Gasteiger partial charge on any atom is -0.378 e. The molecule has 1 heterocycles. The van der Waals surface area contributed by atoms with E-state index in [1.807, 2.05) is 6.92 Å². The number of nitrogens with two attached hydrogens (primary N) is 1. The molecule has 0 aliphatic carbocycles. The van der Waals surface area contributed by atoms with Gasteiger partial charge in [-0.05, 0) is 19.8 Å². The number of sulfone groups is 1. The predicted octanol–water partition coefficient (Wildman–Crippen LogP) is -0.322. The lowest BCUT2D eigenvalue weighted by molar-refractivity contribution is 0.116. The SMILES string of the molecule is CC1CC(C(CCS(C)(=O)=O)NN)CO1. The maximum absolute atomic E-state index is 11.0. The first-order valence-electron chi connectivity index (χ1n) is 5.18. The van der Waals surface area contributed by atoms with Crippen LogP contribution in [-0.2, 0) is 14.6 Å². The topological polar surface area (TPSA) is 81.4 Å². The Bertz CT molecular complexity index is 292. The predicted molar refractivity (Wildman–Crippen MR) is 59.0 cm³/mol. The molecule has 90 valence electrons. The smallest absolute Gasteiger partial charge is 0.147 e. The van der Waals surface area contributed by atoms with E-state index < -0.39 is 9.84 Å². The molecule has 0 aromatic heterocycles. The van der Waals surface area contributed by atoms with Crippen LogP contribution in [0.3, 0.4) is 0 Å². The molecule has 6 heteroatoms. The Balaban J connectivity index is 2.42. The highest BCUT2D eigenvalue weighted by Gasteiger charge is 2.29. The lowest BCUT2D eigenvalue weighted by Crippen LogP contribution is -2.42. The third-order valence-corrected chi connectivity index (χ3v) is 3.79. The molecule has 3 unspecified atom stereocenters. The minimum absolute atomic E-state index is 0.0321. The van der Waals surface area contributed by atoms with Crippen LogP contribution in [0.25, 0.3) is 0 Å². The molecule has 3 N–H and O–H groups in total. The Morgan fingerprint density at radius 2 is 2.27 bits per heavy atom. The van der Waals surface area contributed by atoms with Crippen LogP contribution in [0.2, 0.25) is 0 Å². The molecule has 5 nitrogen and oxygen atoms in total. The molecule has 0 spiro atoms. The molecule has 0 radical (unpaired) electrons. The van der Waals surface area contributed by atoms with E-state index in [9.17, 15) is 8.42 Å². The van der Waals surface area contributed by atoms with Crippen molar-refractivity contribution < 1.29 is 13.2 Å². The molecule has 1 aliphatic heterocycles. The summed E-state index contributed by atoms with van der Waals surface area (Å²) >= 11 is 0. The average molecular weight is 236 g/mol. The van der Waals surface area contributed by atoms with E-state index in [0.29, 0.717) is 18.9 Å². The van der Waals surface area contributed by atoms with Gasteiger partial charge in [-0.3, -0.25) is 11.3 Å². The van der Waals surface area contributed by atoms with Crippen LogP contribution in [0.5, 0.6) is 0 Å². The van der Waals surface area contributed by atoms with Crippen molar-refractivity contribution in [3.05, 3.63) is 0 Å². The Kier molecular flexibility index (Phi) is 4.51. The van der Waals surface area contributed by atoms with Crippen LogP contribution in [-0.4, -0.2) is 39.2 Å². The Morgan fingerprint density at radius 1 is 1.60 bits per heavy atom. The molecule has 15 heavy (non-hydrogen) atoms. The molecular formula is C9H20N2O3S. The molecule has 1 rings (SSSR count). The van der Waals surface area contributed by atoms with Crippen LogP contribution in [0.4, 0.5) is 0 Å². The van der Waals surface area contributed by atoms with Crippen molar-refractivity contribution in [3.63, 3.8) is 0 Å². The third kappa shape index (κ3) is 4.46. The fourth-order valence-electron chi connectivity index (χ4n) is 1.93. The zero-order valence-electron chi connectivity index (χ0n) is 9.27. The van der Waals surface area contributed by atoms with Gasteiger partial charge in [0.1, 0.15) is 9.84 Å². The summed E-state index contributed by atoms with van der Waals surface area (Å²) in [5, 5.41) is 0. The first-order chi connectivity index (χ1) is 6.92. The number of ether oxygens (including phenoxy) is 1. The summed E-state index contributed by atoms with van der Waals surface area (Å²) in [7, 11) is -2.91. The number of hydrazine groups is 1. The summed E-state index contributed by atoms with van der Waals surface area (Å²) in [6, 6.07) is 0.0321. The van der Waals surface area contributed by atoms with E-state index in [1.54, 1.807) is 0 Å². The molecule has 0 amide bonds. The van der Waals surface area contributed by atoms with Crippen molar-refractivity contribution in [3.8, 4) is 0 Å². The maximum atomic E-state index is 11.0. The summed E-state index contributed by atoms with van der Waals surface area (Å²) in [5.41, 5.74) is 2.69. The lowest BCUT2D eigenvalue weighted by atomic mass is 9.95. The largest absolute Gasteiger partial charge is 0.378 e. The summed E-state index contributed by atoms with van der Waals surface area (Å²) in [6.07, 6.45) is 2.99. The molecule has 1 saturated heterocycles. The van der Waals surface area contributed by atoms with Gasteiger partial charge in [0.25, 0.3) is 0 Å². The van der Waals surface area contributed by atoms with Gasteiger partial charge in [0.15, 0.2) is 0 Å². The molecule has 0 aromatic carbocycles. The van der Waals surface area contributed by atoms with Crippen molar-refractivity contribution in [1.29, 1.82) is 0 Å². The van der Waals surface area contributed by atoms with Crippen LogP contribution >= 0.6 is 0 Å². The van der Waals surface area contributed by atoms with Gasteiger partial charge in [0, 0.05) is 18.2 Å². The Hall–Kier alpha value is -0.170. The van der Waals surface area contributed by atoms with Gasteiger partial charge in [0.05, 0.1) is 18.5 Å². The molecule has 0 bridgehead atoms. The summed E-state index contributed by atoms with van der Waals surface area (Å²) in [5.74, 6) is 5.93. The Morgan fingerprint density at radius 3 is 2.67 bits per heavy atom. The molecule has 1 fully saturated rings. The second-order valence-electron chi connectivity index (χ2n) is 4.33. The van der Waals surface area contributed by atoms with Gasteiger partial charge in [-0.1, -0.05) is 0 Å². The number of hydrogen-bond donors (Lipinski definition) is 2. The summed E-state index contributed by atoms with van der Waals surface area (Å²) in [6.45, 7) is 2.68. The van der Waals surface area contributed by atoms with Crippen molar-refractivity contribution in [2.75, 3.05) is 18.6 Å². The van der Waals surface area contributed by atoms with E-state index in [-0.39, 0.29) is 17.9 Å². The van der Waals surface area contributed by atoms with Gasteiger partial charge in [0.2, 0.25) is 0 Å². The second-order valence-corrected chi connectivity index (χ2v) is 6.59. The normalized spacial score (nSPS) is 29.3. The van der Waals surface area contributed by atoms with E-state index in [1.165, 1.54) is 6.26 Å². The van der Waals surface area contributed by atoms with Crippen molar-refractivity contribution in [1.82, 2.24) is 5.43 Å². The first kappa shape index (κ1) is 12.9. The van der Waals surface area contributed by atoms with E-state index in [0.717, 1.165) is 6.42 Å². The fourth-order valence-corrected chi connectivity index (χ4v) is 2.61. The van der Waals surface area contributed by atoms with Gasteiger partial charge >= 0.3 is 0 Å². The zero-order valence-corrected chi connectivity index (χ0v) is 10.1. The van der Waals surface area contributed by atoms with Gasteiger partial charge < -0.3 is 4.74 Å². The first-order valence-corrected chi connectivity index (χ1v) is 7.24. The highest BCUT2D eigenvalue weighted by atomic mass is 32.2. The van der Waals surface area contributed by atoms with Gasteiger partial charge in [-0.15, -0.1) is 0 Å². The minimum atomic E-state index is -2.91. The molecule has 3 atom stereocenters. The van der Waals surface area contributed by atoms with Crippen LogP contribution < -0.4 is 11.3 Å². The standard InChI is InChI=1S/C9H20N2O3S/c1-7-5-8(6-14-7)9(11-10)3-4-15(2,12)13/h7-9,11H,3-6,10H2,1-2H3. The second kappa shape index (κ2) is 5.25. The maximum Gasteiger partial charge on any atom is 0.147 e. The fraction of sp³-hybridized carbons (Fsp3) is 1.00. The number of nitrogens with one attached hydrogen (secondary N) is 1. The third-order valence-electron chi connectivity index (χ3n) is 2.81. The van der Waals surface area contributed by atoms with Crippen LogP contribution in [0.15, 0.2) is 0 Å². The van der Waals surface area contributed by atoms with Crippen LogP contribution in [0.1, 0.15) is 19.8 Å². The molecular weight excluding hydrogens is 216 g/mol. The van der Waals surface area contributed by atoms with E-state index >= 15 is 0 Å². The average Bonchev–Trinajstić information content (AvgIpc) is 2.51. The van der Waals surface area contributed by atoms with Crippen molar-refractivity contribution in [2.24, 2.45) is 11.8 Å². The van der Waals surface area contributed by atoms with Crippen molar-refractivity contribution in [2.45, 2.75) is 31.9 Å².